The van der Waals surface area contributed by atoms with E-state index in [1.54, 1.807) is 24.5 Å². The maximum Gasteiger partial charge on any atom is 0.207 e. The van der Waals surface area contributed by atoms with E-state index >= 15 is 0 Å². The highest BCUT2D eigenvalue weighted by Crippen LogP contribution is 2.24. The van der Waals surface area contributed by atoms with Crippen LogP contribution in [0.3, 0.4) is 0 Å². The van der Waals surface area contributed by atoms with Crippen molar-refractivity contribution in [2.45, 2.75) is 12.8 Å². The van der Waals surface area contributed by atoms with Crippen molar-refractivity contribution in [1.82, 2.24) is 9.55 Å². The molecule has 0 aliphatic carbocycles. The van der Waals surface area contributed by atoms with E-state index in [1.807, 2.05) is 66.1 Å². The second-order valence-corrected chi connectivity index (χ2v) is 7.12. The van der Waals surface area contributed by atoms with Gasteiger partial charge in [-0.25, -0.2) is 9.37 Å². The molecule has 1 atom stereocenters. The minimum absolute atomic E-state index is 0.127. The Bertz CT molecular complexity index is 1140. The van der Waals surface area contributed by atoms with E-state index < -0.39 is 5.92 Å². The molecule has 0 saturated heterocycles. The number of ketones is 1. The molecule has 5 heteroatoms. The molecule has 3 aromatic carbocycles. The zero-order chi connectivity index (χ0) is 20.9. The van der Waals surface area contributed by atoms with E-state index in [1.165, 1.54) is 12.1 Å². The molecule has 0 unspecified atom stereocenters. The molecule has 4 rings (SSSR count). The van der Waals surface area contributed by atoms with Crippen LogP contribution in [0.1, 0.15) is 27.7 Å². The summed E-state index contributed by atoms with van der Waals surface area (Å²) >= 11 is 0. The zero-order valence-corrected chi connectivity index (χ0v) is 16.6. The van der Waals surface area contributed by atoms with Crippen LogP contribution in [0.4, 0.5) is 10.1 Å². The SMILES string of the molecule is Cc1ccccc1-n1ccnc1C(=O)[C@H](CNc1ccccc1)c1ccc(F)cc1. The van der Waals surface area contributed by atoms with Crippen molar-refractivity contribution in [3.05, 3.63) is 114 Å². The topological polar surface area (TPSA) is 46.9 Å². The fraction of sp³-hybridized carbons (Fsp3) is 0.120. The minimum atomic E-state index is -0.518. The lowest BCUT2D eigenvalue weighted by Crippen LogP contribution is -2.24. The van der Waals surface area contributed by atoms with Crippen molar-refractivity contribution < 1.29 is 9.18 Å². The average molecular weight is 399 g/mol. The Kier molecular flexibility index (Phi) is 5.70. The van der Waals surface area contributed by atoms with Gasteiger partial charge >= 0.3 is 0 Å². The van der Waals surface area contributed by atoms with Gasteiger partial charge in [0.05, 0.1) is 11.6 Å². The summed E-state index contributed by atoms with van der Waals surface area (Å²) in [5.41, 5.74) is 3.61. The minimum Gasteiger partial charge on any atom is -0.384 e. The number of Topliss-reactive ketones (excluding diaryl/α,β-unsaturated/α-hetero) is 1. The van der Waals surface area contributed by atoms with E-state index in [2.05, 4.69) is 10.3 Å². The lowest BCUT2D eigenvalue weighted by atomic mass is 9.93. The van der Waals surface area contributed by atoms with Crippen LogP contribution in [0.5, 0.6) is 0 Å². The second kappa shape index (κ2) is 8.74. The van der Waals surface area contributed by atoms with Crippen molar-refractivity contribution in [2.24, 2.45) is 0 Å². The number of anilines is 1. The van der Waals surface area contributed by atoms with Crippen LogP contribution in [0.15, 0.2) is 91.3 Å². The predicted octanol–water partition coefficient (Wildman–Crippen LogP) is 5.40. The quantitative estimate of drug-likeness (QED) is 0.423. The van der Waals surface area contributed by atoms with Crippen LogP contribution in [-0.2, 0) is 0 Å². The summed E-state index contributed by atoms with van der Waals surface area (Å²) in [5.74, 6) is -0.620. The van der Waals surface area contributed by atoms with Gasteiger partial charge in [0.1, 0.15) is 5.82 Å². The van der Waals surface area contributed by atoms with Crippen LogP contribution < -0.4 is 5.32 Å². The number of benzene rings is 3. The number of nitrogens with one attached hydrogen (secondary N) is 1. The molecule has 0 radical (unpaired) electrons. The first kappa shape index (κ1) is 19.6. The first-order valence-electron chi connectivity index (χ1n) is 9.81. The molecule has 4 nitrogen and oxygen atoms in total. The fourth-order valence-corrected chi connectivity index (χ4v) is 3.50. The van der Waals surface area contributed by atoms with Crippen LogP contribution >= 0.6 is 0 Å². The third kappa shape index (κ3) is 4.15. The van der Waals surface area contributed by atoms with E-state index in [4.69, 9.17) is 0 Å². The number of carbonyl (C=O) groups excluding carboxylic acids is 1. The number of rotatable bonds is 7. The summed E-state index contributed by atoms with van der Waals surface area (Å²) < 4.78 is 15.3. The number of hydrogen-bond donors (Lipinski definition) is 1. The maximum absolute atomic E-state index is 13.6. The summed E-state index contributed by atoms with van der Waals surface area (Å²) in [7, 11) is 0. The van der Waals surface area contributed by atoms with Gasteiger partial charge < -0.3 is 5.32 Å². The standard InChI is InChI=1S/C25H22FN3O/c1-18-7-5-6-10-23(18)29-16-15-27-25(29)24(30)22(19-11-13-20(26)14-12-19)17-28-21-8-3-2-4-9-21/h2-16,22,28H,17H2,1H3/t22-/m1/s1. The van der Waals surface area contributed by atoms with Gasteiger partial charge in [-0.2, -0.15) is 0 Å². The zero-order valence-electron chi connectivity index (χ0n) is 16.6. The Balaban J connectivity index is 1.69. The first-order chi connectivity index (χ1) is 14.6. The Morgan fingerprint density at radius 2 is 1.70 bits per heavy atom. The molecule has 0 bridgehead atoms. The van der Waals surface area contributed by atoms with Gasteiger partial charge in [0.15, 0.2) is 5.82 Å². The molecular weight excluding hydrogens is 377 g/mol. The Morgan fingerprint density at radius 1 is 1.00 bits per heavy atom. The number of halogens is 1. The largest absolute Gasteiger partial charge is 0.384 e. The molecule has 0 amide bonds. The molecule has 0 aliphatic heterocycles. The van der Waals surface area contributed by atoms with Gasteiger partial charge in [0.2, 0.25) is 5.78 Å². The van der Waals surface area contributed by atoms with Gasteiger partial charge in [-0.05, 0) is 48.4 Å². The summed E-state index contributed by atoms with van der Waals surface area (Å²) in [4.78, 5) is 18.0. The molecular formula is C25H22FN3O. The highest BCUT2D eigenvalue weighted by atomic mass is 19.1. The molecule has 1 heterocycles. The van der Waals surface area contributed by atoms with Crippen molar-refractivity contribution in [1.29, 1.82) is 0 Å². The fourth-order valence-electron chi connectivity index (χ4n) is 3.50. The van der Waals surface area contributed by atoms with E-state index in [0.29, 0.717) is 12.4 Å². The normalized spacial score (nSPS) is 11.8. The smallest absolute Gasteiger partial charge is 0.207 e. The average Bonchev–Trinajstić information content (AvgIpc) is 3.25. The number of aromatic nitrogens is 2. The number of carbonyl (C=O) groups is 1. The van der Waals surface area contributed by atoms with Crippen molar-refractivity contribution >= 4 is 11.5 Å². The van der Waals surface area contributed by atoms with Gasteiger partial charge in [-0.3, -0.25) is 9.36 Å². The molecule has 0 saturated carbocycles. The number of para-hydroxylation sites is 2. The number of aryl methyl sites for hydroxylation is 1. The van der Waals surface area contributed by atoms with Crippen LogP contribution in [0.2, 0.25) is 0 Å². The van der Waals surface area contributed by atoms with Crippen molar-refractivity contribution in [3.63, 3.8) is 0 Å². The summed E-state index contributed by atoms with van der Waals surface area (Å²) in [5, 5.41) is 3.32. The van der Waals surface area contributed by atoms with Crippen molar-refractivity contribution in [2.75, 3.05) is 11.9 Å². The third-order valence-electron chi connectivity index (χ3n) is 5.11. The van der Waals surface area contributed by atoms with E-state index in [-0.39, 0.29) is 11.6 Å². The van der Waals surface area contributed by atoms with Crippen molar-refractivity contribution in [3.8, 4) is 5.69 Å². The van der Waals surface area contributed by atoms with Crippen LogP contribution in [0.25, 0.3) is 5.69 Å². The lowest BCUT2D eigenvalue weighted by Gasteiger charge is -2.19. The second-order valence-electron chi connectivity index (χ2n) is 7.12. The monoisotopic (exact) mass is 399 g/mol. The number of hydrogen-bond acceptors (Lipinski definition) is 3. The maximum atomic E-state index is 13.6. The third-order valence-corrected chi connectivity index (χ3v) is 5.11. The number of nitrogens with zero attached hydrogens (tertiary/aromatic N) is 2. The highest BCUT2D eigenvalue weighted by molar-refractivity contribution is 5.99. The van der Waals surface area contributed by atoms with Gasteiger partial charge in [-0.15, -0.1) is 0 Å². The van der Waals surface area contributed by atoms with Gasteiger partial charge in [0.25, 0.3) is 0 Å². The number of imidazole rings is 1. The van der Waals surface area contributed by atoms with Gasteiger partial charge in [0, 0.05) is 24.6 Å². The van der Waals surface area contributed by atoms with E-state index in [0.717, 1.165) is 22.5 Å². The molecule has 0 spiro atoms. The molecule has 30 heavy (non-hydrogen) atoms. The van der Waals surface area contributed by atoms with Gasteiger partial charge in [-0.1, -0.05) is 48.5 Å². The first-order valence-corrected chi connectivity index (χ1v) is 9.81. The Hall–Kier alpha value is -3.73. The Morgan fingerprint density at radius 3 is 2.43 bits per heavy atom. The summed E-state index contributed by atoms with van der Waals surface area (Å²) in [6.45, 7) is 2.37. The summed E-state index contributed by atoms with van der Waals surface area (Å²) in [6, 6.07) is 23.6. The molecule has 150 valence electrons. The highest BCUT2D eigenvalue weighted by Gasteiger charge is 2.26. The van der Waals surface area contributed by atoms with Crippen LogP contribution in [-0.4, -0.2) is 21.9 Å². The summed E-state index contributed by atoms with van der Waals surface area (Å²) in [6.07, 6.45) is 3.42. The van der Waals surface area contributed by atoms with E-state index in [9.17, 15) is 9.18 Å². The molecule has 0 aliphatic rings. The van der Waals surface area contributed by atoms with Crippen LogP contribution in [0, 0.1) is 12.7 Å². The molecule has 1 N–H and O–H groups in total. The lowest BCUT2D eigenvalue weighted by molar-refractivity contribution is 0.0952. The molecule has 4 aromatic rings. The molecule has 1 aromatic heterocycles. The predicted molar refractivity (Wildman–Crippen MR) is 117 cm³/mol. The Labute approximate surface area is 175 Å². The molecule has 0 fully saturated rings.